The van der Waals surface area contributed by atoms with Crippen molar-refractivity contribution in [2.24, 2.45) is 5.92 Å². The minimum Gasteiger partial charge on any atom is -0.398 e. The molecule has 0 aliphatic carbocycles. The summed E-state index contributed by atoms with van der Waals surface area (Å²) < 4.78 is 16.0. The van der Waals surface area contributed by atoms with Crippen LogP contribution in [-0.4, -0.2) is 62.6 Å². The van der Waals surface area contributed by atoms with Gasteiger partial charge in [-0.1, -0.05) is 6.07 Å². The van der Waals surface area contributed by atoms with E-state index in [0.29, 0.717) is 4.90 Å². The molecule has 0 saturated carbocycles. The summed E-state index contributed by atoms with van der Waals surface area (Å²) in [6.45, 7) is 0. The first-order chi connectivity index (χ1) is 14.1. The number of alkyl halides is 1. The van der Waals surface area contributed by atoms with E-state index in [4.69, 9.17) is 5.73 Å². The quantitative estimate of drug-likeness (QED) is 0.204. The summed E-state index contributed by atoms with van der Waals surface area (Å²) in [6, 6.07) is 2.70. The van der Waals surface area contributed by atoms with E-state index >= 15 is 4.39 Å². The second-order valence-electron chi connectivity index (χ2n) is 7.44. The first-order valence-corrected chi connectivity index (χ1v) is 9.03. The number of aliphatic hydroxyl groups is 2. The lowest BCUT2D eigenvalue weighted by Crippen LogP contribution is -2.66. The molecule has 5 amide bonds. The van der Waals surface area contributed by atoms with Gasteiger partial charge in [-0.2, -0.15) is 0 Å². The summed E-state index contributed by atoms with van der Waals surface area (Å²) in [4.78, 5) is 61.7. The zero-order valence-electron chi connectivity index (χ0n) is 15.3. The molecule has 0 aromatic heterocycles. The Morgan fingerprint density at radius 2 is 1.70 bits per heavy atom. The van der Waals surface area contributed by atoms with E-state index in [1.165, 1.54) is 18.2 Å². The maximum Gasteiger partial charge on any atom is 0.285 e. The van der Waals surface area contributed by atoms with E-state index in [-0.39, 0.29) is 16.8 Å². The first-order valence-electron chi connectivity index (χ1n) is 9.03. The number of carbonyl (C=O) groups excluding carboxylic acids is 5. The van der Waals surface area contributed by atoms with Gasteiger partial charge < -0.3 is 15.9 Å². The molecule has 3 aliphatic heterocycles. The van der Waals surface area contributed by atoms with Crippen molar-refractivity contribution in [1.29, 1.82) is 0 Å². The average Bonchev–Trinajstić information content (AvgIpc) is 2.97. The number of nitrogens with one attached hydrogen (secondary N) is 2. The summed E-state index contributed by atoms with van der Waals surface area (Å²) in [5.74, 6) is -9.93. The van der Waals surface area contributed by atoms with Gasteiger partial charge in [-0.25, -0.2) is 4.39 Å². The molecule has 30 heavy (non-hydrogen) atoms. The van der Waals surface area contributed by atoms with Gasteiger partial charge in [-0.15, -0.1) is 0 Å². The van der Waals surface area contributed by atoms with Crippen LogP contribution in [0.25, 0.3) is 0 Å². The number of imide groups is 2. The molecule has 11 nitrogen and oxygen atoms in total. The molecule has 6 N–H and O–H groups in total. The summed E-state index contributed by atoms with van der Waals surface area (Å²) in [5, 5.41) is 23.4. The van der Waals surface area contributed by atoms with Crippen LogP contribution in [0.1, 0.15) is 34.8 Å². The Bertz CT molecular complexity index is 1010. The Kier molecular flexibility index (Phi) is 4.36. The average molecular weight is 420 g/mol. The molecule has 1 aromatic rings. The monoisotopic (exact) mass is 420 g/mol. The van der Waals surface area contributed by atoms with Crippen LogP contribution in [0.4, 0.5) is 10.1 Å². The van der Waals surface area contributed by atoms with Gasteiger partial charge >= 0.3 is 0 Å². The van der Waals surface area contributed by atoms with Gasteiger partial charge in [0.1, 0.15) is 12.2 Å². The predicted octanol–water partition coefficient (Wildman–Crippen LogP) is -2.14. The SMILES string of the molecule is Nc1cccc2c1C(C1CC(O)C(=O)NC1=O)N(C1(F)CC(O)C(=O)NC1=O)C2=O. The van der Waals surface area contributed by atoms with Crippen molar-refractivity contribution in [3.8, 4) is 0 Å². The second-order valence-corrected chi connectivity index (χ2v) is 7.44. The Morgan fingerprint density at radius 1 is 1.03 bits per heavy atom. The van der Waals surface area contributed by atoms with Gasteiger partial charge in [0.15, 0.2) is 0 Å². The molecule has 2 fully saturated rings. The van der Waals surface area contributed by atoms with Crippen LogP contribution < -0.4 is 16.4 Å². The number of anilines is 1. The topological polar surface area (TPSA) is 179 Å². The summed E-state index contributed by atoms with van der Waals surface area (Å²) in [5.41, 5.74) is 6.00. The van der Waals surface area contributed by atoms with Gasteiger partial charge in [0, 0.05) is 23.2 Å². The Balaban J connectivity index is 1.87. The molecule has 0 spiro atoms. The van der Waals surface area contributed by atoms with Crippen molar-refractivity contribution in [2.45, 2.75) is 36.9 Å². The number of carbonyl (C=O) groups is 5. The number of piperidine rings is 2. The zero-order chi connectivity index (χ0) is 22.0. The molecule has 12 heteroatoms. The molecule has 0 radical (unpaired) electrons. The molecular weight excluding hydrogens is 403 g/mol. The molecule has 4 rings (SSSR count). The maximum absolute atomic E-state index is 16.0. The molecule has 2 saturated heterocycles. The largest absolute Gasteiger partial charge is 0.398 e. The number of nitrogens with zero attached hydrogens (tertiary/aromatic N) is 1. The zero-order valence-corrected chi connectivity index (χ0v) is 15.3. The fourth-order valence-electron chi connectivity index (χ4n) is 4.21. The molecule has 0 bridgehead atoms. The van der Waals surface area contributed by atoms with E-state index in [1.807, 2.05) is 5.32 Å². The number of nitrogens with two attached hydrogens (primary N) is 1. The fourth-order valence-corrected chi connectivity index (χ4v) is 4.21. The van der Waals surface area contributed by atoms with Crippen molar-refractivity contribution in [1.82, 2.24) is 15.5 Å². The van der Waals surface area contributed by atoms with Crippen LogP contribution >= 0.6 is 0 Å². The highest BCUT2D eigenvalue weighted by molar-refractivity contribution is 6.09. The number of nitrogen functional groups attached to an aromatic ring is 1. The van der Waals surface area contributed by atoms with Crippen LogP contribution in [-0.2, 0) is 19.2 Å². The van der Waals surface area contributed by atoms with Crippen molar-refractivity contribution in [2.75, 3.05) is 5.73 Å². The van der Waals surface area contributed by atoms with Crippen LogP contribution in [0.5, 0.6) is 0 Å². The maximum atomic E-state index is 16.0. The van der Waals surface area contributed by atoms with E-state index in [9.17, 15) is 34.2 Å². The lowest BCUT2D eigenvalue weighted by atomic mass is 9.83. The van der Waals surface area contributed by atoms with Crippen molar-refractivity contribution >= 4 is 35.2 Å². The number of rotatable bonds is 2. The molecular formula is C18H17FN4O7. The first kappa shape index (κ1) is 19.9. The summed E-state index contributed by atoms with van der Waals surface area (Å²) in [6.07, 6.45) is -5.04. The normalized spacial score (nSPS) is 34.0. The third-order valence-electron chi connectivity index (χ3n) is 5.64. The molecule has 158 valence electrons. The van der Waals surface area contributed by atoms with Crippen molar-refractivity contribution < 1.29 is 38.6 Å². The van der Waals surface area contributed by atoms with E-state index in [2.05, 4.69) is 0 Å². The molecule has 3 aliphatic rings. The second kappa shape index (κ2) is 6.57. The number of hydrogen-bond donors (Lipinski definition) is 5. The molecule has 5 atom stereocenters. The Morgan fingerprint density at radius 3 is 2.40 bits per heavy atom. The van der Waals surface area contributed by atoms with E-state index in [0.717, 1.165) is 0 Å². The highest BCUT2D eigenvalue weighted by Crippen LogP contribution is 2.49. The standard InChI is InChI=1S/C18H17FN4O7/c19-18(5-10(25)15(28)22-17(18)30)23-12(7-4-9(24)14(27)21-13(7)26)11-6(16(23)29)2-1-3-8(11)20/h1-3,7,9-10,12,24-25H,4-5,20H2,(H,21,26,27)(H,22,28,30). The van der Waals surface area contributed by atoms with E-state index < -0.39 is 72.3 Å². The van der Waals surface area contributed by atoms with Gasteiger partial charge in [-0.3, -0.25) is 39.5 Å². The third-order valence-corrected chi connectivity index (χ3v) is 5.64. The highest BCUT2D eigenvalue weighted by atomic mass is 19.1. The number of benzene rings is 1. The van der Waals surface area contributed by atoms with Gasteiger partial charge in [-0.05, 0) is 18.6 Å². The van der Waals surface area contributed by atoms with Crippen LogP contribution in [0.2, 0.25) is 0 Å². The number of halogens is 1. The molecule has 1 aromatic carbocycles. The lowest BCUT2D eigenvalue weighted by molar-refractivity contribution is -0.169. The smallest absolute Gasteiger partial charge is 0.285 e. The van der Waals surface area contributed by atoms with Crippen LogP contribution in [0.3, 0.4) is 0 Å². The molecule has 3 heterocycles. The number of fused-ring (bicyclic) bond motifs is 1. The van der Waals surface area contributed by atoms with Gasteiger partial charge in [0.2, 0.25) is 5.91 Å². The van der Waals surface area contributed by atoms with Crippen molar-refractivity contribution in [3.05, 3.63) is 29.3 Å². The minimum atomic E-state index is -3.19. The number of aliphatic hydroxyl groups excluding tert-OH is 2. The molecule has 5 unspecified atom stereocenters. The van der Waals surface area contributed by atoms with Crippen LogP contribution in [0.15, 0.2) is 18.2 Å². The summed E-state index contributed by atoms with van der Waals surface area (Å²) >= 11 is 0. The van der Waals surface area contributed by atoms with E-state index in [1.54, 1.807) is 5.32 Å². The number of amides is 5. The number of hydrogen-bond acceptors (Lipinski definition) is 8. The summed E-state index contributed by atoms with van der Waals surface area (Å²) in [7, 11) is 0. The van der Waals surface area contributed by atoms with Crippen LogP contribution in [0, 0.1) is 5.92 Å². The Labute approximate surface area is 168 Å². The fraction of sp³-hybridized carbons (Fsp3) is 0.389. The predicted molar refractivity (Wildman–Crippen MR) is 94.6 cm³/mol. The van der Waals surface area contributed by atoms with Gasteiger partial charge in [0.25, 0.3) is 29.4 Å². The van der Waals surface area contributed by atoms with Crippen molar-refractivity contribution in [3.63, 3.8) is 0 Å². The highest BCUT2D eigenvalue weighted by Gasteiger charge is 2.61. The minimum absolute atomic E-state index is 0.0315. The third kappa shape index (κ3) is 2.68. The van der Waals surface area contributed by atoms with Gasteiger partial charge in [0.05, 0.1) is 12.0 Å². The lowest BCUT2D eigenvalue weighted by Gasteiger charge is -2.43. The Hall–Kier alpha value is -3.38.